The van der Waals surface area contributed by atoms with Gasteiger partial charge in [-0.1, -0.05) is 36.4 Å². The van der Waals surface area contributed by atoms with Crippen LogP contribution in [0.5, 0.6) is 0 Å². The number of nitrogens with zero attached hydrogens (tertiary/aromatic N) is 2. The van der Waals surface area contributed by atoms with Crippen molar-refractivity contribution in [2.75, 3.05) is 45.9 Å². The highest BCUT2D eigenvalue weighted by Crippen LogP contribution is 2.30. The summed E-state index contributed by atoms with van der Waals surface area (Å²) in [6.07, 6.45) is 4.42. The topological polar surface area (TPSA) is 201 Å². The number of rotatable bonds is 16. The molecule has 2 aromatic rings. The lowest BCUT2D eigenvalue weighted by Gasteiger charge is -2.34. The van der Waals surface area contributed by atoms with Crippen LogP contribution in [-0.4, -0.2) is 111 Å². The van der Waals surface area contributed by atoms with Crippen LogP contribution in [0.2, 0.25) is 0 Å². The van der Waals surface area contributed by atoms with Crippen LogP contribution >= 0.6 is 0 Å². The lowest BCUT2D eigenvalue weighted by atomic mass is 9.84. The van der Waals surface area contributed by atoms with Crippen molar-refractivity contribution in [1.82, 2.24) is 25.2 Å². The molecule has 16 heteroatoms. The van der Waals surface area contributed by atoms with Crippen molar-refractivity contribution in [2.24, 2.45) is 17.8 Å². The van der Waals surface area contributed by atoms with Crippen LogP contribution in [0.3, 0.4) is 0 Å². The molecule has 0 spiro atoms. The van der Waals surface area contributed by atoms with Gasteiger partial charge in [0.25, 0.3) is 0 Å². The zero-order valence-electron chi connectivity index (χ0n) is 32.4. The third kappa shape index (κ3) is 13.4. The Morgan fingerprint density at radius 2 is 1.44 bits per heavy atom. The second kappa shape index (κ2) is 19.9. The first-order chi connectivity index (χ1) is 26.1. The maximum absolute atomic E-state index is 13.6. The number of nitrogens with one attached hydrogen (secondary N) is 3. The highest BCUT2D eigenvalue weighted by Gasteiger charge is 2.31. The lowest BCUT2D eigenvalue weighted by Crippen LogP contribution is -2.50. The van der Waals surface area contributed by atoms with E-state index in [2.05, 4.69) is 15.4 Å². The highest BCUT2D eigenvalue weighted by atomic mass is 32.2. The Morgan fingerprint density at radius 3 is 2.02 bits per heavy atom. The number of carbonyl (C=O) groups is 5. The van der Waals surface area contributed by atoms with E-state index in [9.17, 15) is 37.5 Å². The number of hydrogen-bond acceptors (Lipinski definition) is 9. The zero-order chi connectivity index (χ0) is 40.2. The largest absolute Gasteiger partial charge is 0.465 e. The summed E-state index contributed by atoms with van der Waals surface area (Å²) in [5, 5.41) is 15.8. The van der Waals surface area contributed by atoms with E-state index in [0.29, 0.717) is 55.7 Å². The summed E-state index contributed by atoms with van der Waals surface area (Å²) >= 11 is 0. The van der Waals surface area contributed by atoms with E-state index in [0.717, 1.165) is 38.5 Å². The van der Waals surface area contributed by atoms with Gasteiger partial charge in [0, 0.05) is 44.0 Å². The molecule has 1 unspecified atom stereocenters. The summed E-state index contributed by atoms with van der Waals surface area (Å²) in [6, 6.07) is 10.3. The molecule has 0 aliphatic carbocycles. The summed E-state index contributed by atoms with van der Waals surface area (Å²) in [5.41, 5.74) is -0.576. The van der Waals surface area contributed by atoms with E-state index < -0.39 is 52.1 Å². The molecule has 0 saturated carbocycles. The number of hydrogen-bond donors (Lipinski definition) is 4. The van der Waals surface area contributed by atoms with Crippen LogP contribution in [0.4, 0.5) is 9.59 Å². The molecule has 304 valence electrons. The van der Waals surface area contributed by atoms with Crippen LogP contribution in [0.25, 0.3) is 10.8 Å². The van der Waals surface area contributed by atoms with Crippen molar-refractivity contribution < 1.29 is 47.0 Å². The van der Waals surface area contributed by atoms with Crippen LogP contribution in [-0.2, 0) is 33.9 Å². The van der Waals surface area contributed by atoms with E-state index in [1.807, 2.05) is 20.8 Å². The molecule has 2 aromatic carbocycles. The third-order valence-corrected chi connectivity index (χ3v) is 11.7. The minimum absolute atomic E-state index is 0.00174. The van der Waals surface area contributed by atoms with Crippen LogP contribution in [0.15, 0.2) is 47.4 Å². The summed E-state index contributed by atoms with van der Waals surface area (Å²) in [7, 11) is -4.22. The number of carbonyl (C=O) groups excluding carboxylic acids is 4. The minimum Gasteiger partial charge on any atom is -0.465 e. The Hall–Kier alpha value is -4.44. The van der Waals surface area contributed by atoms with Gasteiger partial charge in [0.05, 0.1) is 18.0 Å². The fourth-order valence-electron chi connectivity index (χ4n) is 7.11. The fourth-order valence-corrected chi connectivity index (χ4v) is 8.53. The van der Waals surface area contributed by atoms with Crippen molar-refractivity contribution >= 4 is 50.8 Å². The number of esters is 1. The number of carboxylic acid groups (broad SMARTS) is 1. The molecule has 55 heavy (non-hydrogen) atoms. The van der Waals surface area contributed by atoms with Crippen LogP contribution in [0.1, 0.15) is 79.1 Å². The van der Waals surface area contributed by atoms with E-state index in [1.54, 1.807) is 48.2 Å². The lowest BCUT2D eigenvalue weighted by molar-refractivity contribution is -0.145. The smallest absolute Gasteiger partial charge is 0.410 e. The van der Waals surface area contributed by atoms with E-state index >= 15 is 0 Å². The first-order valence-electron chi connectivity index (χ1n) is 19.2. The normalized spacial score (nSPS) is 16.9. The zero-order valence-corrected chi connectivity index (χ0v) is 33.2. The van der Waals surface area contributed by atoms with Gasteiger partial charge in [-0.15, -0.1) is 0 Å². The molecule has 2 fully saturated rings. The molecular formula is C39H57N5O10S. The number of amides is 4. The average molecular weight is 788 g/mol. The first-order valence-corrected chi connectivity index (χ1v) is 20.7. The fraction of sp³-hybridized carbons (Fsp3) is 0.615. The molecule has 0 aromatic heterocycles. The molecule has 4 rings (SSSR count). The maximum atomic E-state index is 13.6. The first kappa shape index (κ1) is 43.3. The van der Waals surface area contributed by atoms with Gasteiger partial charge in [-0.25, -0.2) is 18.0 Å². The number of benzene rings is 2. The molecule has 0 bridgehead atoms. The van der Waals surface area contributed by atoms with Crippen LogP contribution in [0, 0.1) is 17.8 Å². The van der Waals surface area contributed by atoms with Gasteiger partial charge in [0.15, 0.2) is 0 Å². The molecule has 4 amide bonds. The molecule has 2 atom stereocenters. The van der Waals surface area contributed by atoms with Gasteiger partial charge in [-0.2, -0.15) is 4.72 Å². The monoisotopic (exact) mass is 787 g/mol. The van der Waals surface area contributed by atoms with Crippen LogP contribution < -0.4 is 15.4 Å². The predicted octanol–water partition coefficient (Wildman–Crippen LogP) is 4.50. The second-order valence-corrected chi connectivity index (χ2v) is 17.1. The standard InChI is InChI=1S/C39H57N5O10S/c1-5-53-36(47)32(42-55(51,52)33-12-8-10-29-9-6-7-11-31(29)33)25-40-34(45)26-41-35(46)30(15-13-27-17-21-43(22-18-27)37(48)49)16-14-28-19-23-44(24-20-28)38(50)54-39(2,3)4/h6-12,27-28,30,32,42H,5,13-26H2,1-4H3,(H,40,45)(H,41,46)(H,48,49)/t30?,32-/m0/s1. The molecule has 0 radical (unpaired) electrons. The molecule has 2 aliphatic rings. The molecule has 2 heterocycles. The number of piperidine rings is 2. The summed E-state index contributed by atoms with van der Waals surface area (Å²) in [5.74, 6) is -1.56. The van der Waals surface area contributed by atoms with E-state index in [4.69, 9.17) is 9.47 Å². The third-order valence-electron chi connectivity index (χ3n) is 10.2. The summed E-state index contributed by atoms with van der Waals surface area (Å²) in [4.78, 5) is 66.4. The SMILES string of the molecule is CCOC(=O)[C@H](CNC(=O)CNC(=O)C(CCC1CCN(C(=O)O)CC1)CCC1CCN(C(=O)OC(C)(C)C)CC1)NS(=O)(=O)c1cccc2ccccc12. The highest BCUT2D eigenvalue weighted by molar-refractivity contribution is 7.89. The molecule has 4 N–H and O–H groups in total. The van der Waals surface area contributed by atoms with Crippen molar-refractivity contribution in [2.45, 2.75) is 95.6 Å². The van der Waals surface area contributed by atoms with Crippen molar-refractivity contribution in [3.05, 3.63) is 42.5 Å². The van der Waals surface area contributed by atoms with Gasteiger partial charge in [0.1, 0.15) is 11.6 Å². The predicted molar refractivity (Wildman–Crippen MR) is 206 cm³/mol. The Kier molecular flexibility index (Phi) is 15.7. The number of fused-ring (bicyclic) bond motifs is 1. The van der Waals surface area contributed by atoms with E-state index in [-0.39, 0.29) is 36.0 Å². The number of sulfonamides is 1. The van der Waals surface area contributed by atoms with Crippen molar-refractivity contribution in [3.8, 4) is 0 Å². The Labute approximate surface area is 323 Å². The minimum atomic E-state index is -4.22. The Morgan fingerprint density at radius 1 is 0.855 bits per heavy atom. The Bertz CT molecular complexity index is 1740. The Balaban J connectivity index is 1.33. The maximum Gasteiger partial charge on any atom is 0.410 e. The van der Waals surface area contributed by atoms with Gasteiger partial charge in [-0.05, 0) is 102 Å². The van der Waals surface area contributed by atoms with Gasteiger partial charge in [0.2, 0.25) is 21.8 Å². The van der Waals surface area contributed by atoms with Gasteiger partial charge < -0.3 is 35.0 Å². The summed E-state index contributed by atoms with van der Waals surface area (Å²) in [6.45, 7) is 8.36. The average Bonchev–Trinajstić information content (AvgIpc) is 3.15. The van der Waals surface area contributed by atoms with E-state index in [1.165, 1.54) is 11.0 Å². The molecular weight excluding hydrogens is 731 g/mol. The quantitative estimate of drug-likeness (QED) is 0.176. The molecule has 15 nitrogen and oxygen atoms in total. The van der Waals surface area contributed by atoms with Crippen molar-refractivity contribution in [1.29, 1.82) is 0 Å². The number of likely N-dealkylation sites (tertiary alicyclic amines) is 2. The van der Waals surface area contributed by atoms with Gasteiger partial charge >= 0.3 is 18.2 Å². The molecule has 2 saturated heterocycles. The number of ether oxygens (including phenoxy) is 2. The van der Waals surface area contributed by atoms with Gasteiger partial charge in [-0.3, -0.25) is 14.4 Å². The summed E-state index contributed by atoms with van der Waals surface area (Å²) < 4.78 is 39.9. The molecule has 2 aliphatic heterocycles. The van der Waals surface area contributed by atoms with Crippen molar-refractivity contribution in [3.63, 3.8) is 0 Å². The second-order valence-electron chi connectivity index (χ2n) is 15.4.